The first-order valence-electron chi connectivity index (χ1n) is 10.3. The molecular formula is C20H35N5O6. The minimum Gasteiger partial charge on any atom is -0.460 e. The Hall–Kier alpha value is -2.65. The van der Waals surface area contributed by atoms with Crippen LogP contribution in [0.4, 0.5) is 0 Å². The highest BCUT2D eigenvalue weighted by Crippen LogP contribution is 2.10. The van der Waals surface area contributed by atoms with E-state index in [1.807, 2.05) is 0 Å². The summed E-state index contributed by atoms with van der Waals surface area (Å²) in [6, 6.07) is 0. The number of carbonyl (C=O) groups is 4. The molecule has 0 rings (SSSR count). The molecule has 0 aliphatic rings. The largest absolute Gasteiger partial charge is 0.460 e. The van der Waals surface area contributed by atoms with Gasteiger partial charge in [0.15, 0.2) is 5.78 Å². The van der Waals surface area contributed by atoms with Gasteiger partial charge in [0.05, 0.1) is 19.7 Å². The highest BCUT2D eigenvalue weighted by molar-refractivity contribution is 5.88. The third kappa shape index (κ3) is 15.8. The zero-order valence-electron chi connectivity index (χ0n) is 19.3. The van der Waals surface area contributed by atoms with E-state index in [2.05, 4.69) is 10.0 Å². The van der Waals surface area contributed by atoms with Gasteiger partial charge in [-0.05, 0) is 39.1 Å². The molecule has 0 aromatic carbocycles. The molecule has 176 valence electrons. The van der Waals surface area contributed by atoms with Crippen LogP contribution in [-0.4, -0.2) is 85.9 Å². The van der Waals surface area contributed by atoms with Crippen LogP contribution in [0.5, 0.6) is 0 Å². The van der Waals surface area contributed by atoms with Gasteiger partial charge < -0.3 is 19.3 Å². The Bertz CT molecular complexity index is 655. The maximum absolute atomic E-state index is 12.3. The topological polar surface area (TPSA) is 142 Å². The number of ketones is 1. The van der Waals surface area contributed by atoms with Gasteiger partial charge in [-0.15, -0.1) is 0 Å². The molecule has 0 aliphatic heterocycles. The van der Waals surface area contributed by atoms with Crippen LogP contribution in [0.3, 0.4) is 0 Å². The summed E-state index contributed by atoms with van der Waals surface area (Å²) in [5.41, 5.74) is 7.57. The van der Waals surface area contributed by atoms with E-state index in [9.17, 15) is 19.2 Å². The number of carbonyl (C=O) groups excluding carboxylic acids is 4. The first-order valence-corrected chi connectivity index (χ1v) is 10.3. The van der Waals surface area contributed by atoms with Crippen LogP contribution in [0.15, 0.2) is 5.11 Å². The number of amides is 2. The predicted molar refractivity (Wildman–Crippen MR) is 114 cm³/mol. The number of ether oxygens (including phenoxy) is 2. The summed E-state index contributed by atoms with van der Waals surface area (Å²) in [6.07, 6.45) is 1.37. The lowest BCUT2D eigenvalue weighted by Crippen LogP contribution is -2.41. The molecule has 11 heteroatoms. The first kappa shape index (κ1) is 28.4. The Kier molecular flexibility index (Phi) is 13.9. The fourth-order valence-electron chi connectivity index (χ4n) is 2.43. The fraction of sp³-hybridized carbons (Fsp3) is 0.800. The molecule has 0 bridgehead atoms. The molecule has 0 saturated heterocycles. The molecule has 0 fully saturated rings. The second-order valence-electron chi connectivity index (χ2n) is 8.15. The lowest BCUT2D eigenvalue weighted by Gasteiger charge is -2.22. The molecule has 0 saturated carbocycles. The normalized spacial score (nSPS) is 10.7. The van der Waals surface area contributed by atoms with Gasteiger partial charge in [-0.3, -0.25) is 19.2 Å². The first-order chi connectivity index (χ1) is 14.5. The van der Waals surface area contributed by atoms with Crippen LogP contribution in [0.25, 0.3) is 10.4 Å². The highest BCUT2D eigenvalue weighted by atomic mass is 16.6. The van der Waals surface area contributed by atoms with Gasteiger partial charge in [-0.2, -0.15) is 0 Å². The molecule has 0 atom stereocenters. The molecule has 0 N–H and O–H groups in total. The van der Waals surface area contributed by atoms with Crippen molar-refractivity contribution in [2.75, 3.05) is 46.9 Å². The van der Waals surface area contributed by atoms with Crippen molar-refractivity contribution in [2.24, 2.45) is 5.11 Å². The second kappa shape index (κ2) is 15.2. The number of azide groups is 1. The van der Waals surface area contributed by atoms with E-state index in [1.54, 1.807) is 20.8 Å². The maximum atomic E-state index is 12.3. The van der Waals surface area contributed by atoms with Crippen LogP contribution < -0.4 is 0 Å². The molecule has 11 nitrogen and oxygen atoms in total. The maximum Gasteiger partial charge on any atom is 0.306 e. The molecule has 0 spiro atoms. The zero-order chi connectivity index (χ0) is 23.9. The average Bonchev–Trinajstić information content (AvgIpc) is 2.65. The molecule has 0 unspecified atom stereocenters. The van der Waals surface area contributed by atoms with Gasteiger partial charge in [0, 0.05) is 51.4 Å². The number of esters is 1. The van der Waals surface area contributed by atoms with Gasteiger partial charge in [-0.25, -0.2) is 0 Å². The van der Waals surface area contributed by atoms with Crippen molar-refractivity contribution in [3.63, 3.8) is 0 Å². The third-order valence-electron chi connectivity index (χ3n) is 3.97. The van der Waals surface area contributed by atoms with Crippen LogP contribution >= 0.6 is 0 Å². The Labute approximate surface area is 183 Å². The molecule has 0 aliphatic carbocycles. The minimum absolute atomic E-state index is 0.0434. The van der Waals surface area contributed by atoms with Crippen molar-refractivity contribution in [3.8, 4) is 0 Å². The smallest absolute Gasteiger partial charge is 0.306 e. The number of rotatable bonds is 15. The van der Waals surface area contributed by atoms with E-state index >= 15 is 0 Å². The predicted octanol–water partition coefficient (Wildman–Crippen LogP) is 2.09. The van der Waals surface area contributed by atoms with Crippen LogP contribution in [0, 0.1) is 0 Å². The van der Waals surface area contributed by atoms with Crippen LogP contribution in [0.1, 0.15) is 52.9 Å². The second-order valence-corrected chi connectivity index (χ2v) is 8.15. The van der Waals surface area contributed by atoms with Gasteiger partial charge in [0.1, 0.15) is 5.60 Å². The molecule has 2 amide bonds. The summed E-state index contributed by atoms with van der Waals surface area (Å²) in [5, 5.41) is 3.33. The minimum atomic E-state index is -0.563. The molecule has 31 heavy (non-hydrogen) atoms. The van der Waals surface area contributed by atoms with Gasteiger partial charge in [0.25, 0.3) is 0 Å². The number of Topliss-reactive ketones (excluding diaryl/α,β-unsaturated/α-hetero) is 1. The summed E-state index contributed by atoms with van der Waals surface area (Å²) in [6.45, 7) is 6.06. The number of nitrogens with zero attached hydrogens (tertiary/aromatic N) is 5. The molecular weight excluding hydrogens is 406 g/mol. The standard InChI is InChI=1S/C20H35N5O6/c1-20(2,3)31-19(29)10-6-9-17(27)25(5)15-18(28)24(4)14-16(26)8-7-12-30-13-11-22-23-21/h6-15H2,1-5H3. The average molecular weight is 442 g/mol. The van der Waals surface area contributed by atoms with Crippen LogP contribution in [-0.2, 0) is 28.7 Å². The highest BCUT2D eigenvalue weighted by Gasteiger charge is 2.19. The SMILES string of the molecule is CN(CC(=O)CCCOCCN=[N+]=[N-])C(=O)CN(C)C(=O)CCCC(=O)OC(C)(C)C. The Morgan fingerprint density at radius 3 is 2.16 bits per heavy atom. The summed E-state index contributed by atoms with van der Waals surface area (Å²) in [7, 11) is 3.02. The summed E-state index contributed by atoms with van der Waals surface area (Å²) in [4.78, 5) is 53.2. The van der Waals surface area contributed by atoms with E-state index in [4.69, 9.17) is 15.0 Å². The number of hydrogen-bond donors (Lipinski definition) is 0. The molecule has 0 aromatic heterocycles. The van der Waals surface area contributed by atoms with Crippen molar-refractivity contribution in [3.05, 3.63) is 10.4 Å². The van der Waals surface area contributed by atoms with Crippen LogP contribution in [0.2, 0.25) is 0 Å². The number of likely N-dealkylation sites (N-methyl/N-ethyl adjacent to an activating group) is 2. The lowest BCUT2D eigenvalue weighted by atomic mass is 10.2. The van der Waals surface area contributed by atoms with Crippen molar-refractivity contribution in [2.45, 2.75) is 58.5 Å². The zero-order valence-corrected chi connectivity index (χ0v) is 19.3. The van der Waals surface area contributed by atoms with Crippen molar-refractivity contribution >= 4 is 23.6 Å². The van der Waals surface area contributed by atoms with Crippen molar-refractivity contribution in [1.82, 2.24) is 9.80 Å². The molecule has 0 radical (unpaired) electrons. The van der Waals surface area contributed by atoms with E-state index in [0.717, 1.165) is 0 Å². The van der Waals surface area contributed by atoms with Crippen molar-refractivity contribution < 1.29 is 28.7 Å². The Morgan fingerprint density at radius 1 is 0.903 bits per heavy atom. The monoisotopic (exact) mass is 441 g/mol. The summed E-state index contributed by atoms with van der Waals surface area (Å²) in [5.74, 6) is -1.07. The van der Waals surface area contributed by atoms with Gasteiger partial charge in [-0.1, -0.05) is 5.11 Å². The van der Waals surface area contributed by atoms with E-state index in [1.165, 1.54) is 23.9 Å². The molecule has 0 heterocycles. The summed E-state index contributed by atoms with van der Waals surface area (Å²) < 4.78 is 10.4. The van der Waals surface area contributed by atoms with Gasteiger partial charge in [0.2, 0.25) is 11.8 Å². The quantitative estimate of drug-likeness (QED) is 0.125. The van der Waals surface area contributed by atoms with Crippen molar-refractivity contribution in [1.29, 1.82) is 0 Å². The van der Waals surface area contributed by atoms with E-state index in [0.29, 0.717) is 26.1 Å². The Morgan fingerprint density at radius 2 is 1.55 bits per heavy atom. The van der Waals surface area contributed by atoms with E-state index in [-0.39, 0.29) is 62.5 Å². The lowest BCUT2D eigenvalue weighted by molar-refractivity contribution is -0.155. The molecule has 0 aromatic rings. The summed E-state index contributed by atoms with van der Waals surface area (Å²) >= 11 is 0. The number of hydrogen-bond acceptors (Lipinski definition) is 7. The van der Waals surface area contributed by atoms with E-state index < -0.39 is 5.60 Å². The van der Waals surface area contributed by atoms with Gasteiger partial charge >= 0.3 is 5.97 Å². The third-order valence-corrected chi connectivity index (χ3v) is 3.97. The fourth-order valence-corrected chi connectivity index (χ4v) is 2.43. The Balaban J connectivity index is 4.09.